The molecule has 0 bridgehead atoms. The van der Waals surface area contributed by atoms with E-state index in [9.17, 15) is 4.79 Å². The number of hydrogen-bond acceptors (Lipinski definition) is 5. The molecule has 2 aromatic rings. The molecule has 3 heterocycles. The summed E-state index contributed by atoms with van der Waals surface area (Å²) in [6.07, 6.45) is 1.10. The first-order valence-corrected chi connectivity index (χ1v) is 7.81. The summed E-state index contributed by atoms with van der Waals surface area (Å²) in [5, 5.41) is 4.38. The zero-order valence-electron chi connectivity index (χ0n) is 12.3. The van der Waals surface area contributed by atoms with E-state index in [4.69, 9.17) is 21.1 Å². The minimum Gasteiger partial charge on any atom is -0.485 e. The smallest absolute Gasteiger partial charge is 0.416 e. The summed E-state index contributed by atoms with van der Waals surface area (Å²) >= 11 is 9.67. The minimum absolute atomic E-state index is 0.263. The molecule has 0 saturated heterocycles. The molecule has 7 nitrogen and oxygen atoms in total. The molecule has 22 heavy (non-hydrogen) atoms. The van der Waals surface area contributed by atoms with E-state index in [0.717, 1.165) is 0 Å². The van der Waals surface area contributed by atoms with Crippen molar-refractivity contribution in [1.82, 2.24) is 14.6 Å². The van der Waals surface area contributed by atoms with Gasteiger partial charge >= 0.3 is 6.09 Å². The van der Waals surface area contributed by atoms with Crippen LogP contribution in [0.1, 0.15) is 20.8 Å². The summed E-state index contributed by atoms with van der Waals surface area (Å²) in [5.41, 5.74) is -0.0940. The van der Waals surface area contributed by atoms with Gasteiger partial charge in [-0.15, -0.1) is 0 Å². The second-order valence-electron chi connectivity index (χ2n) is 5.76. The third-order valence-corrected chi connectivity index (χ3v) is 3.81. The lowest BCUT2D eigenvalue weighted by Gasteiger charge is -2.31. The number of amides is 1. The fraction of sp³-hybridized carbons (Fsp3) is 0.462. The molecule has 3 rings (SSSR count). The average Bonchev–Trinajstić information content (AvgIpc) is 2.79. The Morgan fingerprint density at radius 2 is 2.23 bits per heavy atom. The number of carbonyl (C=O) groups excluding carboxylic acids is 1. The largest absolute Gasteiger partial charge is 0.485 e. The van der Waals surface area contributed by atoms with Gasteiger partial charge in [0.25, 0.3) is 0 Å². The lowest BCUT2D eigenvalue weighted by atomic mass is 10.2. The van der Waals surface area contributed by atoms with Crippen LogP contribution in [0.15, 0.2) is 10.7 Å². The van der Waals surface area contributed by atoms with Crippen LogP contribution < -0.4 is 9.64 Å². The zero-order chi connectivity index (χ0) is 16.1. The summed E-state index contributed by atoms with van der Waals surface area (Å²) < 4.78 is 13.1. The number of fused-ring (bicyclic) bond motifs is 2. The molecule has 118 valence electrons. The first-order chi connectivity index (χ1) is 10.3. The van der Waals surface area contributed by atoms with Crippen molar-refractivity contribution in [3.63, 3.8) is 0 Å². The van der Waals surface area contributed by atoms with E-state index >= 15 is 0 Å². The topological polar surface area (TPSA) is 69.0 Å². The Bertz CT molecular complexity index is 756. The molecule has 0 radical (unpaired) electrons. The molecule has 0 unspecified atom stereocenters. The van der Waals surface area contributed by atoms with E-state index in [-0.39, 0.29) is 5.15 Å². The van der Waals surface area contributed by atoms with Gasteiger partial charge in [0.2, 0.25) is 0 Å². The molecule has 0 aromatic carbocycles. The van der Waals surface area contributed by atoms with Crippen LogP contribution in [-0.2, 0) is 4.74 Å². The minimum atomic E-state index is -0.597. The van der Waals surface area contributed by atoms with Gasteiger partial charge in [-0.3, -0.25) is 4.90 Å². The van der Waals surface area contributed by atoms with E-state index in [2.05, 4.69) is 26.0 Å². The van der Waals surface area contributed by atoms with Crippen LogP contribution >= 0.6 is 27.5 Å². The molecule has 1 aliphatic heterocycles. The quantitative estimate of drug-likeness (QED) is 0.647. The molecule has 0 fully saturated rings. The molecule has 0 aliphatic carbocycles. The molecule has 0 spiro atoms. The van der Waals surface area contributed by atoms with Gasteiger partial charge in [0.1, 0.15) is 12.2 Å². The summed E-state index contributed by atoms with van der Waals surface area (Å²) in [6.45, 7) is 6.07. The number of hydrogen-bond donors (Lipinski definition) is 0. The van der Waals surface area contributed by atoms with Crippen LogP contribution in [0.5, 0.6) is 5.75 Å². The molecule has 2 aromatic heterocycles. The number of carbonyl (C=O) groups is 1. The molecule has 1 amide bonds. The molecule has 9 heteroatoms. The van der Waals surface area contributed by atoms with Crippen molar-refractivity contribution in [1.29, 1.82) is 0 Å². The van der Waals surface area contributed by atoms with Crippen LogP contribution in [0.25, 0.3) is 5.65 Å². The van der Waals surface area contributed by atoms with E-state index in [1.807, 2.05) is 20.8 Å². The molecule has 0 atom stereocenters. The Labute approximate surface area is 140 Å². The fourth-order valence-electron chi connectivity index (χ4n) is 2.05. The Balaban J connectivity index is 2.09. The van der Waals surface area contributed by atoms with Crippen LogP contribution in [0, 0.1) is 0 Å². The maximum atomic E-state index is 12.4. The summed E-state index contributed by atoms with van der Waals surface area (Å²) in [4.78, 5) is 18.2. The number of anilines is 1. The fourth-order valence-corrected chi connectivity index (χ4v) is 2.66. The van der Waals surface area contributed by atoms with Gasteiger partial charge in [0.05, 0.1) is 17.2 Å². The standard InChI is InChI=1S/C13H14BrClN4O3/c1-13(2,3)22-12(20)18-4-5-21-8-9(15)19-10(17-11(8)18)7(14)6-16-19/h6H,4-5H2,1-3H3. The van der Waals surface area contributed by atoms with Crippen molar-refractivity contribution in [3.05, 3.63) is 15.8 Å². The first kappa shape index (κ1) is 15.4. The monoisotopic (exact) mass is 388 g/mol. The average molecular weight is 390 g/mol. The van der Waals surface area contributed by atoms with Gasteiger partial charge < -0.3 is 9.47 Å². The van der Waals surface area contributed by atoms with Crippen LogP contribution in [0.2, 0.25) is 5.15 Å². The van der Waals surface area contributed by atoms with E-state index < -0.39 is 11.7 Å². The van der Waals surface area contributed by atoms with Crippen molar-refractivity contribution in [2.24, 2.45) is 0 Å². The highest BCUT2D eigenvalue weighted by Gasteiger charge is 2.32. The van der Waals surface area contributed by atoms with Gasteiger partial charge in [0.15, 0.2) is 22.4 Å². The van der Waals surface area contributed by atoms with Crippen molar-refractivity contribution >= 4 is 45.1 Å². The molecule has 0 saturated carbocycles. The highest BCUT2D eigenvalue weighted by Crippen LogP contribution is 2.38. The number of rotatable bonds is 0. The van der Waals surface area contributed by atoms with Crippen molar-refractivity contribution in [2.75, 3.05) is 18.1 Å². The van der Waals surface area contributed by atoms with E-state index in [0.29, 0.717) is 34.8 Å². The van der Waals surface area contributed by atoms with Gasteiger partial charge in [-0.05, 0) is 36.7 Å². The summed E-state index contributed by atoms with van der Waals surface area (Å²) in [5.74, 6) is 0.654. The van der Waals surface area contributed by atoms with Gasteiger partial charge in [0, 0.05) is 0 Å². The number of ether oxygens (including phenoxy) is 2. The van der Waals surface area contributed by atoms with Gasteiger partial charge in [-0.2, -0.15) is 9.61 Å². The lowest BCUT2D eigenvalue weighted by molar-refractivity contribution is 0.0566. The van der Waals surface area contributed by atoms with Gasteiger partial charge in [-0.25, -0.2) is 9.78 Å². The highest BCUT2D eigenvalue weighted by atomic mass is 79.9. The molecule has 1 aliphatic rings. The SMILES string of the molecule is CC(C)(C)OC(=O)N1CCOc2c1nc1c(Br)cnn1c2Cl. The number of nitrogens with zero attached hydrogens (tertiary/aromatic N) is 4. The summed E-state index contributed by atoms with van der Waals surface area (Å²) in [6, 6.07) is 0. The highest BCUT2D eigenvalue weighted by molar-refractivity contribution is 9.10. The van der Waals surface area contributed by atoms with Crippen LogP contribution in [-0.4, -0.2) is 39.4 Å². The second-order valence-corrected chi connectivity index (χ2v) is 6.98. The van der Waals surface area contributed by atoms with Crippen molar-refractivity contribution < 1.29 is 14.3 Å². The van der Waals surface area contributed by atoms with E-state index in [1.54, 1.807) is 6.20 Å². The maximum absolute atomic E-state index is 12.4. The third kappa shape index (κ3) is 2.61. The lowest BCUT2D eigenvalue weighted by Crippen LogP contribution is -2.42. The van der Waals surface area contributed by atoms with Crippen LogP contribution in [0.3, 0.4) is 0 Å². The predicted molar refractivity (Wildman–Crippen MR) is 84.8 cm³/mol. The van der Waals surface area contributed by atoms with Crippen molar-refractivity contribution in [2.45, 2.75) is 26.4 Å². The Morgan fingerprint density at radius 1 is 1.50 bits per heavy atom. The second kappa shape index (κ2) is 5.27. The first-order valence-electron chi connectivity index (χ1n) is 6.64. The molecule has 0 N–H and O–H groups in total. The van der Waals surface area contributed by atoms with Crippen LogP contribution in [0.4, 0.5) is 10.6 Å². The molecular weight excluding hydrogens is 376 g/mol. The van der Waals surface area contributed by atoms with Gasteiger partial charge in [-0.1, -0.05) is 11.6 Å². The number of halogens is 2. The predicted octanol–water partition coefficient (Wildman–Crippen LogP) is 3.28. The Morgan fingerprint density at radius 3 is 2.91 bits per heavy atom. The summed E-state index contributed by atoms with van der Waals surface area (Å²) in [7, 11) is 0. The number of aromatic nitrogens is 3. The zero-order valence-corrected chi connectivity index (χ0v) is 14.6. The normalized spacial score (nSPS) is 14.7. The third-order valence-electron chi connectivity index (χ3n) is 2.92. The van der Waals surface area contributed by atoms with Crippen molar-refractivity contribution in [3.8, 4) is 5.75 Å². The molecular formula is C13H14BrClN4O3. The maximum Gasteiger partial charge on any atom is 0.416 e. The Hall–Kier alpha value is -1.54. The Kier molecular flexibility index (Phi) is 3.68. The van der Waals surface area contributed by atoms with E-state index in [1.165, 1.54) is 9.42 Å².